The first-order valence-electron chi connectivity index (χ1n) is 5.14. The fourth-order valence-corrected chi connectivity index (χ4v) is 1.21. The van der Waals surface area contributed by atoms with E-state index in [1.54, 1.807) is 18.2 Å². The van der Waals surface area contributed by atoms with Crippen LogP contribution < -0.4 is 5.32 Å². The summed E-state index contributed by atoms with van der Waals surface area (Å²) in [6.45, 7) is 2.65. The van der Waals surface area contributed by atoms with Crippen LogP contribution in [0.5, 0.6) is 0 Å². The molecule has 92 valence electrons. The van der Waals surface area contributed by atoms with Crippen LogP contribution in [0.1, 0.15) is 13.8 Å². The van der Waals surface area contributed by atoms with Crippen LogP contribution in [0.3, 0.4) is 0 Å². The maximum Gasteiger partial charge on any atom is 0.382 e. The van der Waals surface area contributed by atoms with Crippen molar-refractivity contribution < 1.29 is 18.4 Å². The van der Waals surface area contributed by atoms with Crippen LogP contribution >= 0.6 is 0 Å². The van der Waals surface area contributed by atoms with E-state index in [2.05, 4.69) is 0 Å². The zero-order valence-electron chi connectivity index (χ0n) is 9.54. The number of Topliss-reactive ketones (excluding diaryl/α,β-unsaturated/α-hetero) is 1. The van der Waals surface area contributed by atoms with Gasteiger partial charge in [-0.25, -0.2) is 0 Å². The number of para-hydroxylation sites is 1. The molecule has 0 saturated heterocycles. The van der Waals surface area contributed by atoms with E-state index in [0.717, 1.165) is 0 Å². The average molecular weight is 241 g/mol. The van der Waals surface area contributed by atoms with Crippen molar-refractivity contribution >= 4 is 17.4 Å². The molecule has 3 nitrogen and oxygen atoms in total. The Kier molecular flexibility index (Phi) is 3.93. The van der Waals surface area contributed by atoms with Crippen molar-refractivity contribution in [2.45, 2.75) is 19.8 Å². The lowest BCUT2D eigenvalue weighted by molar-refractivity contribution is -0.157. The molecule has 1 rings (SSSR count). The van der Waals surface area contributed by atoms with Crippen molar-refractivity contribution in [2.75, 3.05) is 5.32 Å². The second-order valence-electron chi connectivity index (χ2n) is 3.91. The van der Waals surface area contributed by atoms with Crippen LogP contribution in [0.15, 0.2) is 30.3 Å². The van der Waals surface area contributed by atoms with Crippen molar-refractivity contribution in [3.05, 3.63) is 30.3 Å². The van der Waals surface area contributed by atoms with Gasteiger partial charge in [0.1, 0.15) is 0 Å². The summed E-state index contributed by atoms with van der Waals surface area (Å²) in [7, 11) is 0. The van der Waals surface area contributed by atoms with E-state index >= 15 is 0 Å². The lowest BCUT2D eigenvalue weighted by Crippen LogP contribution is -2.44. The van der Waals surface area contributed by atoms with E-state index in [9.17, 15) is 18.4 Å². The molecule has 1 aromatic rings. The highest BCUT2D eigenvalue weighted by Gasteiger charge is 2.47. The van der Waals surface area contributed by atoms with Crippen molar-refractivity contribution in [1.29, 1.82) is 0 Å². The molecule has 17 heavy (non-hydrogen) atoms. The molecular weight excluding hydrogens is 228 g/mol. The number of hydrogen-bond acceptors (Lipinski definition) is 2. The predicted molar refractivity (Wildman–Crippen MR) is 59.9 cm³/mol. The lowest BCUT2D eigenvalue weighted by Gasteiger charge is -2.16. The van der Waals surface area contributed by atoms with Crippen LogP contribution in [0.4, 0.5) is 14.5 Å². The number of hydrogen-bond donors (Lipinski definition) is 1. The molecule has 0 unspecified atom stereocenters. The fourth-order valence-electron chi connectivity index (χ4n) is 1.21. The minimum Gasteiger partial charge on any atom is -0.320 e. The number of carbonyl (C=O) groups is 2. The molecular formula is C12H13F2NO2. The Morgan fingerprint density at radius 3 is 2.18 bits per heavy atom. The smallest absolute Gasteiger partial charge is 0.320 e. The largest absolute Gasteiger partial charge is 0.382 e. The van der Waals surface area contributed by atoms with Gasteiger partial charge in [-0.1, -0.05) is 32.0 Å². The number of anilines is 1. The zero-order chi connectivity index (χ0) is 13.1. The molecule has 0 spiro atoms. The number of carbonyl (C=O) groups excluding carboxylic acids is 2. The van der Waals surface area contributed by atoms with Gasteiger partial charge in [0.25, 0.3) is 0 Å². The number of nitrogens with one attached hydrogen (secondary N) is 1. The molecule has 0 aliphatic rings. The molecule has 1 aromatic carbocycles. The SMILES string of the molecule is CC(C)C(=O)C(F)(F)C(=O)Nc1ccccc1. The molecule has 0 radical (unpaired) electrons. The van der Waals surface area contributed by atoms with Gasteiger partial charge in [0.15, 0.2) is 0 Å². The molecule has 0 aliphatic heterocycles. The molecule has 0 heterocycles. The van der Waals surface area contributed by atoms with Gasteiger partial charge in [-0.2, -0.15) is 8.78 Å². The minimum absolute atomic E-state index is 0.230. The quantitative estimate of drug-likeness (QED) is 0.823. The highest BCUT2D eigenvalue weighted by molar-refractivity contribution is 6.13. The Morgan fingerprint density at radius 1 is 1.18 bits per heavy atom. The second-order valence-corrected chi connectivity index (χ2v) is 3.91. The topological polar surface area (TPSA) is 46.2 Å². The van der Waals surface area contributed by atoms with E-state index in [1.807, 2.05) is 5.32 Å². The average Bonchev–Trinajstić information content (AvgIpc) is 2.29. The summed E-state index contributed by atoms with van der Waals surface area (Å²) < 4.78 is 26.8. The van der Waals surface area contributed by atoms with Gasteiger partial charge in [-0.05, 0) is 12.1 Å². The van der Waals surface area contributed by atoms with E-state index in [-0.39, 0.29) is 5.69 Å². The predicted octanol–water partition coefficient (Wildman–Crippen LogP) is 2.49. The summed E-state index contributed by atoms with van der Waals surface area (Å²) in [6.07, 6.45) is 0. The summed E-state index contributed by atoms with van der Waals surface area (Å²) in [5.74, 6) is -7.87. The molecule has 0 aliphatic carbocycles. The van der Waals surface area contributed by atoms with E-state index < -0.39 is 23.5 Å². The number of benzene rings is 1. The first-order valence-corrected chi connectivity index (χ1v) is 5.14. The summed E-state index contributed by atoms with van der Waals surface area (Å²) in [6, 6.07) is 7.81. The van der Waals surface area contributed by atoms with Gasteiger partial charge in [-0.3, -0.25) is 9.59 Å². The van der Waals surface area contributed by atoms with Crippen LogP contribution in [-0.2, 0) is 9.59 Å². The fraction of sp³-hybridized carbons (Fsp3) is 0.333. The Morgan fingerprint density at radius 2 is 1.71 bits per heavy atom. The number of alkyl halides is 2. The zero-order valence-corrected chi connectivity index (χ0v) is 9.54. The molecule has 1 N–H and O–H groups in total. The molecule has 0 saturated carbocycles. The van der Waals surface area contributed by atoms with Gasteiger partial charge < -0.3 is 5.32 Å². The highest BCUT2D eigenvalue weighted by Crippen LogP contribution is 2.21. The second kappa shape index (κ2) is 5.03. The van der Waals surface area contributed by atoms with E-state index in [0.29, 0.717) is 0 Å². The Hall–Kier alpha value is -1.78. The molecule has 0 fully saturated rings. The summed E-state index contributed by atoms with van der Waals surface area (Å²) in [5.41, 5.74) is 0.230. The molecule has 0 aromatic heterocycles. The normalized spacial score (nSPS) is 11.4. The maximum absolute atomic E-state index is 13.4. The van der Waals surface area contributed by atoms with Gasteiger partial charge in [0.2, 0.25) is 5.78 Å². The summed E-state index contributed by atoms with van der Waals surface area (Å²) >= 11 is 0. The summed E-state index contributed by atoms with van der Waals surface area (Å²) in [4.78, 5) is 22.5. The monoisotopic (exact) mass is 241 g/mol. The summed E-state index contributed by atoms with van der Waals surface area (Å²) in [5, 5.41) is 2.01. The third-order valence-electron chi connectivity index (χ3n) is 2.15. The van der Waals surface area contributed by atoms with Crippen LogP contribution in [0.2, 0.25) is 0 Å². The Balaban J connectivity index is 2.80. The van der Waals surface area contributed by atoms with Gasteiger partial charge in [0, 0.05) is 11.6 Å². The van der Waals surface area contributed by atoms with Crippen molar-refractivity contribution in [3.8, 4) is 0 Å². The Labute approximate surface area is 97.8 Å². The molecule has 0 atom stereocenters. The number of rotatable bonds is 4. The molecule has 0 bridgehead atoms. The number of amides is 1. The van der Waals surface area contributed by atoms with Gasteiger partial charge in [-0.15, -0.1) is 0 Å². The third kappa shape index (κ3) is 3.09. The van der Waals surface area contributed by atoms with Gasteiger partial charge >= 0.3 is 11.8 Å². The van der Waals surface area contributed by atoms with Crippen LogP contribution in [0, 0.1) is 5.92 Å². The highest BCUT2D eigenvalue weighted by atomic mass is 19.3. The molecule has 1 amide bonds. The first kappa shape index (κ1) is 13.3. The lowest BCUT2D eigenvalue weighted by atomic mass is 10.0. The van der Waals surface area contributed by atoms with Gasteiger partial charge in [0.05, 0.1) is 0 Å². The minimum atomic E-state index is -4.00. The first-order chi connectivity index (χ1) is 7.85. The van der Waals surface area contributed by atoms with E-state index in [1.165, 1.54) is 26.0 Å². The Bertz CT molecular complexity index is 416. The van der Waals surface area contributed by atoms with Crippen molar-refractivity contribution in [3.63, 3.8) is 0 Å². The maximum atomic E-state index is 13.4. The van der Waals surface area contributed by atoms with Crippen molar-refractivity contribution in [2.24, 2.45) is 5.92 Å². The standard InChI is InChI=1S/C12H13F2NO2/c1-8(2)10(16)12(13,14)11(17)15-9-6-4-3-5-7-9/h3-8H,1-2H3,(H,15,17). The van der Waals surface area contributed by atoms with Crippen LogP contribution in [0.25, 0.3) is 0 Å². The molecule has 5 heteroatoms. The van der Waals surface area contributed by atoms with Crippen LogP contribution in [-0.4, -0.2) is 17.6 Å². The number of halogens is 2. The third-order valence-corrected chi connectivity index (χ3v) is 2.15. The van der Waals surface area contributed by atoms with E-state index in [4.69, 9.17) is 0 Å². The number of ketones is 1. The van der Waals surface area contributed by atoms with Crippen molar-refractivity contribution in [1.82, 2.24) is 0 Å².